The number of guanidine groups is 1. The van der Waals surface area contributed by atoms with Gasteiger partial charge in [-0.2, -0.15) is 8.42 Å². The summed E-state index contributed by atoms with van der Waals surface area (Å²) >= 11 is 0. The monoisotopic (exact) mass is 349 g/mol. The molecule has 0 saturated heterocycles. The van der Waals surface area contributed by atoms with Gasteiger partial charge in [-0.25, -0.2) is 0 Å². The zero-order valence-corrected chi connectivity index (χ0v) is 14.5. The molecule has 0 aliphatic carbocycles. The smallest absolute Gasteiger partial charge is 0.287 e. The number of anilines is 1. The average Bonchev–Trinajstić information content (AvgIpc) is 2.53. The van der Waals surface area contributed by atoms with Gasteiger partial charge >= 0.3 is 0 Å². The third-order valence-electron chi connectivity index (χ3n) is 4.21. The van der Waals surface area contributed by atoms with Gasteiger partial charge in [0.25, 0.3) is 10.0 Å². The van der Waals surface area contributed by atoms with Crippen LogP contribution in [0, 0.1) is 6.92 Å². The van der Waals surface area contributed by atoms with Gasteiger partial charge in [0.05, 0.1) is 12.8 Å². The van der Waals surface area contributed by atoms with E-state index in [1.165, 1.54) is 0 Å². The SMILES string of the molecule is COc1ccccc1[C@H](C)c1c(C)ccc2c1NC(N)=NS2(=O)=O.[HH].[HH]. The second-order valence-corrected chi connectivity index (χ2v) is 7.28. The minimum Gasteiger partial charge on any atom is -0.496 e. The highest BCUT2D eigenvalue weighted by Gasteiger charge is 2.29. The Bertz CT molecular complexity index is 946. The highest BCUT2D eigenvalue weighted by Crippen LogP contribution is 2.41. The second kappa shape index (κ2) is 5.83. The number of nitrogens with two attached hydrogens (primary N) is 1. The molecule has 0 radical (unpaired) electrons. The lowest BCUT2D eigenvalue weighted by atomic mass is 9.88. The van der Waals surface area contributed by atoms with Gasteiger partial charge < -0.3 is 15.8 Å². The third-order valence-corrected chi connectivity index (χ3v) is 5.55. The Labute approximate surface area is 144 Å². The molecule has 1 aliphatic rings. The summed E-state index contributed by atoms with van der Waals surface area (Å²) in [4.78, 5) is 0.138. The minimum atomic E-state index is -3.79. The molecule has 0 fully saturated rings. The Morgan fingerprint density at radius 1 is 1.25 bits per heavy atom. The average molecular weight is 349 g/mol. The minimum absolute atomic E-state index is 0. The number of rotatable bonds is 3. The van der Waals surface area contributed by atoms with Crippen LogP contribution in [-0.2, 0) is 10.0 Å². The number of ether oxygens (including phenoxy) is 1. The van der Waals surface area contributed by atoms with Crippen LogP contribution in [0.3, 0.4) is 0 Å². The molecule has 7 heteroatoms. The molecule has 6 nitrogen and oxygen atoms in total. The molecular formula is C17H23N3O3S. The van der Waals surface area contributed by atoms with Crippen LogP contribution in [0.5, 0.6) is 5.75 Å². The van der Waals surface area contributed by atoms with E-state index >= 15 is 0 Å². The largest absolute Gasteiger partial charge is 0.496 e. The number of methoxy groups -OCH3 is 1. The standard InChI is InChI=1S/C17H19N3O3S.2H2/c1-10-8-9-14-16(19-17(18)20-24(14,21)22)15(10)11(2)12-6-4-5-7-13(12)23-3;;/h4-9,11H,1-3H3,(H3,18,19,20);2*1H/t11-;;/m0../s1. The van der Waals surface area contributed by atoms with Crippen LogP contribution in [0.25, 0.3) is 0 Å². The molecule has 130 valence electrons. The van der Waals surface area contributed by atoms with Crippen molar-refractivity contribution in [2.24, 2.45) is 10.1 Å². The molecule has 0 spiro atoms. The second-order valence-electron chi connectivity index (χ2n) is 5.71. The van der Waals surface area contributed by atoms with Crippen LogP contribution in [0.1, 0.15) is 32.4 Å². The van der Waals surface area contributed by atoms with Crippen LogP contribution in [0.2, 0.25) is 0 Å². The highest BCUT2D eigenvalue weighted by molar-refractivity contribution is 7.90. The third kappa shape index (κ3) is 2.60. The summed E-state index contributed by atoms with van der Waals surface area (Å²) < 4.78 is 33.6. The lowest BCUT2D eigenvalue weighted by molar-refractivity contribution is 0.408. The first-order valence-electron chi connectivity index (χ1n) is 7.49. The van der Waals surface area contributed by atoms with E-state index in [1.807, 2.05) is 38.1 Å². The van der Waals surface area contributed by atoms with Crippen molar-refractivity contribution in [3.05, 3.63) is 53.1 Å². The lowest BCUT2D eigenvalue weighted by Crippen LogP contribution is -2.30. The molecule has 0 aromatic heterocycles. The number of nitrogens with one attached hydrogen (secondary N) is 1. The maximum atomic E-state index is 12.3. The van der Waals surface area contributed by atoms with E-state index in [2.05, 4.69) is 9.71 Å². The van der Waals surface area contributed by atoms with E-state index in [0.717, 1.165) is 22.4 Å². The van der Waals surface area contributed by atoms with Crippen molar-refractivity contribution in [2.75, 3.05) is 12.4 Å². The molecule has 1 aliphatic heterocycles. The molecule has 0 amide bonds. The van der Waals surface area contributed by atoms with E-state index in [-0.39, 0.29) is 19.6 Å². The van der Waals surface area contributed by atoms with Crippen molar-refractivity contribution >= 4 is 21.7 Å². The number of para-hydroxylation sites is 1. The maximum absolute atomic E-state index is 12.3. The molecule has 0 saturated carbocycles. The van der Waals surface area contributed by atoms with E-state index in [0.29, 0.717) is 5.69 Å². The Morgan fingerprint density at radius 2 is 1.96 bits per heavy atom. The fourth-order valence-corrected chi connectivity index (χ4v) is 4.18. The van der Waals surface area contributed by atoms with Crippen molar-refractivity contribution < 1.29 is 16.0 Å². The van der Waals surface area contributed by atoms with Crippen LogP contribution in [0.4, 0.5) is 5.69 Å². The van der Waals surface area contributed by atoms with Gasteiger partial charge in [-0.15, -0.1) is 4.40 Å². The van der Waals surface area contributed by atoms with E-state index in [1.54, 1.807) is 19.2 Å². The fourth-order valence-electron chi connectivity index (χ4n) is 3.11. The first-order valence-corrected chi connectivity index (χ1v) is 8.93. The predicted octanol–water partition coefficient (Wildman–Crippen LogP) is 3.08. The molecule has 0 unspecified atom stereocenters. The van der Waals surface area contributed by atoms with Crippen LogP contribution in [0.15, 0.2) is 45.7 Å². The molecule has 0 bridgehead atoms. The Kier molecular flexibility index (Phi) is 3.96. The van der Waals surface area contributed by atoms with Gasteiger partial charge in [0, 0.05) is 14.3 Å². The molecule has 24 heavy (non-hydrogen) atoms. The summed E-state index contributed by atoms with van der Waals surface area (Å²) in [5.41, 5.74) is 8.95. The van der Waals surface area contributed by atoms with Crippen molar-refractivity contribution in [2.45, 2.75) is 24.7 Å². The number of benzene rings is 2. The number of hydrogen-bond donors (Lipinski definition) is 2. The van der Waals surface area contributed by atoms with E-state index in [9.17, 15) is 8.42 Å². The Morgan fingerprint density at radius 3 is 2.67 bits per heavy atom. The molecule has 3 N–H and O–H groups in total. The lowest BCUT2D eigenvalue weighted by Gasteiger charge is -2.25. The van der Waals surface area contributed by atoms with E-state index in [4.69, 9.17) is 10.5 Å². The Hall–Kier alpha value is -2.54. The van der Waals surface area contributed by atoms with Gasteiger partial charge in [-0.05, 0) is 30.2 Å². The zero-order valence-electron chi connectivity index (χ0n) is 13.7. The zero-order chi connectivity index (χ0) is 17.5. The highest BCUT2D eigenvalue weighted by atomic mass is 32.2. The number of nitrogens with zero attached hydrogens (tertiary/aromatic N) is 1. The van der Waals surface area contributed by atoms with Crippen molar-refractivity contribution in [3.63, 3.8) is 0 Å². The van der Waals surface area contributed by atoms with Crippen molar-refractivity contribution in [3.8, 4) is 5.75 Å². The first-order chi connectivity index (χ1) is 11.3. The molecule has 3 rings (SSSR count). The summed E-state index contributed by atoms with van der Waals surface area (Å²) in [5.74, 6) is 0.536. The first kappa shape index (κ1) is 16.3. The topological polar surface area (TPSA) is 93.8 Å². The summed E-state index contributed by atoms with van der Waals surface area (Å²) in [6.45, 7) is 3.95. The van der Waals surface area contributed by atoms with Gasteiger partial charge in [0.15, 0.2) is 0 Å². The van der Waals surface area contributed by atoms with Crippen LogP contribution < -0.4 is 15.8 Å². The van der Waals surface area contributed by atoms with Gasteiger partial charge in [-0.1, -0.05) is 31.2 Å². The van der Waals surface area contributed by atoms with Crippen LogP contribution in [-0.4, -0.2) is 21.5 Å². The number of hydrogen-bond acceptors (Lipinski definition) is 5. The molecule has 2 aromatic carbocycles. The van der Waals surface area contributed by atoms with E-state index < -0.39 is 10.0 Å². The molecular weight excluding hydrogens is 326 g/mol. The number of sulfonamides is 1. The molecule has 1 atom stereocenters. The predicted molar refractivity (Wildman–Crippen MR) is 98.3 cm³/mol. The fraction of sp³-hybridized carbons (Fsp3) is 0.235. The molecule has 1 heterocycles. The van der Waals surface area contributed by atoms with Crippen molar-refractivity contribution in [1.29, 1.82) is 0 Å². The Balaban J connectivity index is 0.00000169. The summed E-state index contributed by atoms with van der Waals surface area (Å²) in [5, 5.41) is 2.92. The van der Waals surface area contributed by atoms with Gasteiger partial charge in [0.1, 0.15) is 10.6 Å². The van der Waals surface area contributed by atoms with Gasteiger partial charge in [-0.3, -0.25) is 0 Å². The van der Waals surface area contributed by atoms with Crippen LogP contribution >= 0.6 is 0 Å². The number of aryl methyl sites for hydroxylation is 1. The maximum Gasteiger partial charge on any atom is 0.287 e. The van der Waals surface area contributed by atoms with Crippen molar-refractivity contribution in [1.82, 2.24) is 0 Å². The number of fused-ring (bicyclic) bond motifs is 1. The molecule has 2 aromatic rings. The normalized spacial score (nSPS) is 16.5. The van der Waals surface area contributed by atoms with Gasteiger partial charge in [0.2, 0.25) is 5.96 Å². The summed E-state index contributed by atoms with van der Waals surface area (Å²) in [6, 6.07) is 11.0. The summed E-state index contributed by atoms with van der Waals surface area (Å²) in [7, 11) is -2.18. The summed E-state index contributed by atoms with van der Waals surface area (Å²) in [6.07, 6.45) is 0. The quantitative estimate of drug-likeness (QED) is 0.888.